The van der Waals surface area contributed by atoms with E-state index >= 15 is 0 Å². The van der Waals surface area contributed by atoms with E-state index < -0.39 is 45.3 Å². The molecule has 1 aromatic carbocycles. The van der Waals surface area contributed by atoms with Gasteiger partial charge in [-0.15, -0.1) is 0 Å². The minimum absolute atomic E-state index is 0.486. The van der Waals surface area contributed by atoms with E-state index in [9.17, 15) is 38.5 Å². The fourth-order valence-electron chi connectivity index (χ4n) is 2.00. The minimum Gasteiger partial charge on any atom is -0.371 e. The fraction of sp³-hybridized carbons (Fsp3) is 0.455. The van der Waals surface area contributed by atoms with Crippen molar-refractivity contribution in [2.24, 2.45) is 0 Å². The number of nitro groups is 2. The Bertz CT molecular complexity index is 563. The number of benzene rings is 1. The molecule has 0 aromatic heterocycles. The highest BCUT2D eigenvalue weighted by molar-refractivity contribution is 5.38. The Labute approximate surface area is 116 Å². The number of aliphatic hydroxyl groups is 1. The van der Waals surface area contributed by atoms with Crippen LogP contribution >= 0.6 is 0 Å². The molecule has 0 saturated heterocycles. The summed E-state index contributed by atoms with van der Waals surface area (Å²) in [7, 11) is 0. The van der Waals surface area contributed by atoms with Crippen molar-refractivity contribution < 1.29 is 28.1 Å². The van der Waals surface area contributed by atoms with Gasteiger partial charge in [0.2, 0.25) is 0 Å². The first-order valence-electron chi connectivity index (χ1n) is 5.73. The van der Waals surface area contributed by atoms with Gasteiger partial charge in [-0.25, -0.2) is 0 Å². The van der Waals surface area contributed by atoms with Crippen LogP contribution in [0.15, 0.2) is 24.3 Å². The quantitative estimate of drug-likeness (QED) is 0.664. The zero-order chi connectivity index (χ0) is 16.4. The third-order valence-corrected chi connectivity index (χ3v) is 3.05. The molecule has 0 aliphatic heterocycles. The fourth-order valence-corrected chi connectivity index (χ4v) is 2.00. The highest BCUT2D eigenvalue weighted by Gasteiger charge is 2.65. The number of halogens is 3. The summed E-state index contributed by atoms with van der Waals surface area (Å²) >= 11 is 0. The van der Waals surface area contributed by atoms with Gasteiger partial charge in [-0.3, -0.25) is 20.2 Å². The minimum atomic E-state index is -5.37. The van der Waals surface area contributed by atoms with Gasteiger partial charge in [0.15, 0.2) is 0 Å². The van der Waals surface area contributed by atoms with Crippen molar-refractivity contribution in [1.29, 1.82) is 0 Å². The Hall–Kier alpha value is -2.23. The van der Waals surface area contributed by atoms with Crippen LogP contribution in [0, 0.1) is 20.2 Å². The molecule has 10 heteroatoms. The first kappa shape index (κ1) is 16.8. The van der Waals surface area contributed by atoms with Crippen molar-refractivity contribution in [2.45, 2.75) is 31.2 Å². The van der Waals surface area contributed by atoms with Crippen molar-refractivity contribution in [3.8, 4) is 0 Å². The second-order valence-electron chi connectivity index (χ2n) is 4.28. The molecule has 2 unspecified atom stereocenters. The van der Waals surface area contributed by atoms with E-state index in [2.05, 4.69) is 0 Å². The van der Waals surface area contributed by atoms with Gasteiger partial charge in [0.1, 0.15) is 0 Å². The maximum Gasteiger partial charge on any atom is 0.428 e. The summed E-state index contributed by atoms with van der Waals surface area (Å²) in [4.78, 5) is 19.2. The van der Waals surface area contributed by atoms with Gasteiger partial charge < -0.3 is 5.11 Å². The van der Waals surface area contributed by atoms with Gasteiger partial charge in [-0.1, -0.05) is 19.1 Å². The maximum absolute atomic E-state index is 13.2. The van der Waals surface area contributed by atoms with Gasteiger partial charge in [0, 0.05) is 29.0 Å². The first-order chi connectivity index (χ1) is 9.55. The molecule has 21 heavy (non-hydrogen) atoms. The molecule has 0 radical (unpaired) electrons. The molecule has 0 aliphatic rings. The van der Waals surface area contributed by atoms with E-state index in [1.54, 1.807) is 0 Å². The van der Waals surface area contributed by atoms with Crippen molar-refractivity contribution in [3.63, 3.8) is 0 Å². The number of hydrogen-bond acceptors (Lipinski definition) is 5. The third kappa shape index (κ3) is 2.94. The number of rotatable bonds is 5. The molecule has 1 N–H and O–H groups in total. The van der Waals surface area contributed by atoms with E-state index in [1.165, 1.54) is 0 Å². The molecule has 0 aliphatic carbocycles. The predicted molar refractivity (Wildman–Crippen MR) is 64.1 cm³/mol. The Balaban J connectivity index is 3.56. The molecule has 1 rings (SSSR count). The highest BCUT2D eigenvalue weighted by Crippen LogP contribution is 2.44. The molecule has 0 spiro atoms. The Morgan fingerprint density at radius 3 is 2.24 bits per heavy atom. The number of hydrogen-bond donors (Lipinski definition) is 1. The smallest absolute Gasteiger partial charge is 0.371 e. The molecule has 0 heterocycles. The average molecular weight is 308 g/mol. The normalized spacial score (nSPS) is 16.0. The van der Waals surface area contributed by atoms with E-state index in [1.807, 2.05) is 0 Å². The summed E-state index contributed by atoms with van der Waals surface area (Å²) in [5, 5.41) is 31.4. The summed E-state index contributed by atoms with van der Waals surface area (Å²) in [5.74, 6) is 0. The van der Waals surface area contributed by atoms with Gasteiger partial charge in [0.25, 0.3) is 17.3 Å². The Morgan fingerprint density at radius 2 is 1.86 bits per heavy atom. The largest absolute Gasteiger partial charge is 0.428 e. The van der Waals surface area contributed by atoms with Crippen LogP contribution in [0.2, 0.25) is 0 Å². The lowest BCUT2D eigenvalue weighted by atomic mass is 9.84. The summed E-state index contributed by atoms with van der Waals surface area (Å²) in [6, 6.07) is 0.732. The second kappa shape index (κ2) is 5.64. The van der Waals surface area contributed by atoms with Gasteiger partial charge >= 0.3 is 6.18 Å². The first-order valence-corrected chi connectivity index (χ1v) is 5.73. The second-order valence-corrected chi connectivity index (χ2v) is 4.28. The molecule has 0 bridgehead atoms. The van der Waals surface area contributed by atoms with Crippen LogP contribution in [0.1, 0.15) is 18.9 Å². The average Bonchev–Trinajstić information content (AvgIpc) is 2.37. The molecular formula is C11H11F3N2O5. The van der Waals surface area contributed by atoms with Crippen LogP contribution in [0.4, 0.5) is 18.9 Å². The van der Waals surface area contributed by atoms with Gasteiger partial charge in [-0.2, -0.15) is 13.2 Å². The zero-order valence-electron chi connectivity index (χ0n) is 10.7. The standard InChI is InChI=1S/C11H11F3N2O5/c1-2-9(16(20)21)10(17,11(12,13)14)7-4-3-5-8(6-7)15(18)19/h3-6,9,17H,2H2,1H3. The molecule has 1 aromatic rings. The monoisotopic (exact) mass is 308 g/mol. The van der Waals surface area contributed by atoms with Crippen molar-refractivity contribution in [3.05, 3.63) is 50.1 Å². The zero-order valence-corrected chi connectivity index (χ0v) is 10.7. The van der Waals surface area contributed by atoms with E-state index in [0.29, 0.717) is 6.07 Å². The molecule has 116 valence electrons. The van der Waals surface area contributed by atoms with Crippen LogP contribution in [-0.4, -0.2) is 27.2 Å². The lowest BCUT2D eigenvalue weighted by Crippen LogP contribution is -2.54. The number of nitro benzene ring substituents is 1. The van der Waals surface area contributed by atoms with Crippen LogP contribution < -0.4 is 0 Å². The van der Waals surface area contributed by atoms with Crippen LogP contribution in [-0.2, 0) is 5.60 Å². The topological polar surface area (TPSA) is 107 Å². The van der Waals surface area contributed by atoms with Gasteiger partial charge in [0.05, 0.1) is 4.92 Å². The van der Waals surface area contributed by atoms with E-state index in [0.717, 1.165) is 25.1 Å². The van der Waals surface area contributed by atoms with Crippen molar-refractivity contribution in [2.75, 3.05) is 0 Å². The van der Waals surface area contributed by atoms with E-state index in [4.69, 9.17) is 0 Å². The third-order valence-electron chi connectivity index (χ3n) is 3.05. The predicted octanol–water partition coefficient (Wildman–Crippen LogP) is 2.40. The molecule has 0 fully saturated rings. The van der Waals surface area contributed by atoms with Crippen LogP contribution in [0.25, 0.3) is 0 Å². The molecule has 0 saturated carbocycles. The van der Waals surface area contributed by atoms with E-state index in [-0.39, 0.29) is 0 Å². The number of nitrogens with zero attached hydrogens (tertiary/aromatic N) is 2. The lowest BCUT2D eigenvalue weighted by molar-refractivity contribution is -0.563. The van der Waals surface area contributed by atoms with Gasteiger partial charge in [-0.05, 0) is 0 Å². The van der Waals surface area contributed by atoms with Crippen molar-refractivity contribution in [1.82, 2.24) is 0 Å². The molecule has 7 nitrogen and oxygen atoms in total. The summed E-state index contributed by atoms with van der Waals surface area (Å²) in [5.41, 5.74) is -5.45. The highest BCUT2D eigenvalue weighted by atomic mass is 19.4. The molecule has 2 atom stereocenters. The Morgan fingerprint density at radius 1 is 1.29 bits per heavy atom. The summed E-state index contributed by atoms with van der Waals surface area (Å²) < 4.78 is 39.6. The SMILES string of the molecule is CCC([N+](=O)[O-])C(O)(c1cccc([N+](=O)[O-])c1)C(F)(F)F. The Kier molecular flexibility index (Phi) is 4.52. The molecule has 0 amide bonds. The maximum atomic E-state index is 13.2. The van der Waals surface area contributed by atoms with Crippen LogP contribution in [0.5, 0.6) is 0 Å². The number of alkyl halides is 3. The number of non-ortho nitro benzene ring substituents is 1. The molecular weight excluding hydrogens is 297 g/mol. The lowest BCUT2D eigenvalue weighted by Gasteiger charge is -2.32. The van der Waals surface area contributed by atoms with Crippen LogP contribution in [0.3, 0.4) is 0 Å². The summed E-state index contributed by atoms with van der Waals surface area (Å²) in [6.07, 6.45) is -5.97. The summed E-state index contributed by atoms with van der Waals surface area (Å²) in [6.45, 7) is 1.11. The van der Waals surface area contributed by atoms with Crippen molar-refractivity contribution >= 4 is 5.69 Å².